The van der Waals surface area contributed by atoms with Gasteiger partial charge in [-0.05, 0) is 43.3 Å². The van der Waals surface area contributed by atoms with Crippen LogP contribution < -0.4 is 11.3 Å². The van der Waals surface area contributed by atoms with E-state index in [0.29, 0.717) is 26.8 Å². The number of carbonyl (C=O) groups is 1. The molecular formula is C17H14ClN3O2S. The van der Waals surface area contributed by atoms with Crippen LogP contribution in [0.2, 0.25) is 5.02 Å². The van der Waals surface area contributed by atoms with Gasteiger partial charge in [-0.1, -0.05) is 35.5 Å². The Labute approximate surface area is 147 Å². The van der Waals surface area contributed by atoms with Crippen LogP contribution in [-0.4, -0.2) is 20.7 Å². The second kappa shape index (κ2) is 6.67. The third-order valence-corrected chi connectivity index (χ3v) is 4.84. The van der Waals surface area contributed by atoms with Crippen molar-refractivity contribution in [2.75, 3.05) is 0 Å². The first kappa shape index (κ1) is 16.5. The summed E-state index contributed by atoms with van der Waals surface area (Å²) in [5, 5.41) is 0.965. The van der Waals surface area contributed by atoms with Gasteiger partial charge in [-0.25, -0.2) is 4.98 Å². The number of para-hydroxylation sites is 1. The van der Waals surface area contributed by atoms with Crippen molar-refractivity contribution in [3.8, 4) is 5.69 Å². The highest BCUT2D eigenvalue weighted by atomic mass is 35.5. The molecule has 2 N–H and O–H groups in total. The van der Waals surface area contributed by atoms with Crippen molar-refractivity contribution in [2.24, 2.45) is 5.73 Å². The lowest BCUT2D eigenvalue weighted by Gasteiger charge is -2.15. The molecule has 0 unspecified atom stereocenters. The van der Waals surface area contributed by atoms with E-state index in [4.69, 9.17) is 17.3 Å². The smallest absolute Gasteiger partial charge is 0.266 e. The van der Waals surface area contributed by atoms with Gasteiger partial charge in [-0.3, -0.25) is 14.2 Å². The molecule has 3 rings (SSSR count). The van der Waals surface area contributed by atoms with Gasteiger partial charge >= 0.3 is 0 Å². The van der Waals surface area contributed by atoms with Crippen LogP contribution in [0.25, 0.3) is 16.6 Å². The molecule has 1 atom stereocenters. The number of primary amides is 1. The fourth-order valence-electron chi connectivity index (χ4n) is 2.23. The number of thioether (sulfide) groups is 1. The third-order valence-electron chi connectivity index (χ3n) is 3.51. The van der Waals surface area contributed by atoms with Gasteiger partial charge in [0, 0.05) is 5.02 Å². The van der Waals surface area contributed by atoms with Gasteiger partial charge < -0.3 is 5.73 Å². The summed E-state index contributed by atoms with van der Waals surface area (Å²) < 4.78 is 1.47. The fraction of sp³-hybridized carbons (Fsp3) is 0.118. The molecule has 0 radical (unpaired) electrons. The first-order valence-corrected chi connectivity index (χ1v) is 8.47. The highest BCUT2D eigenvalue weighted by molar-refractivity contribution is 8.00. The first-order valence-electron chi connectivity index (χ1n) is 7.21. The molecule has 0 fully saturated rings. The number of rotatable bonds is 4. The van der Waals surface area contributed by atoms with Crippen molar-refractivity contribution in [3.63, 3.8) is 0 Å². The molecule has 0 aliphatic rings. The van der Waals surface area contributed by atoms with Crippen LogP contribution in [0.1, 0.15) is 6.92 Å². The Morgan fingerprint density at radius 3 is 2.54 bits per heavy atom. The van der Waals surface area contributed by atoms with Crippen LogP contribution in [0.15, 0.2) is 58.5 Å². The maximum Gasteiger partial charge on any atom is 0.266 e. The van der Waals surface area contributed by atoms with Crippen molar-refractivity contribution in [1.82, 2.24) is 9.55 Å². The Morgan fingerprint density at radius 1 is 1.21 bits per heavy atom. The predicted octanol–water partition coefficient (Wildman–Crippen LogP) is 3.01. The number of aromatic nitrogens is 2. The van der Waals surface area contributed by atoms with Crippen LogP contribution in [0.5, 0.6) is 0 Å². The summed E-state index contributed by atoms with van der Waals surface area (Å²) in [5.41, 5.74) is 6.35. The summed E-state index contributed by atoms with van der Waals surface area (Å²) in [7, 11) is 0. The third kappa shape index (κ3) is 3.16. The maximum absolute atomic E-state index is 12.9. The number of hydrogen-bond acceptors (Lipinski definition) is 4. The Bertz CT molecular complexity index is 970. The fourth-order valence-corrected chi connectivity index (χ4v) is 3.23. The van der Waals surface area contributed by atoms with E-state index in [1.807, 2.05) is 6.07 Å². The molecule has 1 aromatic heterocycles. The van der Waals surface area contributed by atoms with Crippen molar-refractivity contribution in [2.45, 2.75) is 17.3 Å². The lowest BCUT2D eigenvalue weighted by molar-refractivity contribution is -0.117. The minimum atomic E-state index is -0.517. The molecule has 0 bridgehead atoms. The highest BCUT2D eigenvalue weighted by Crippen LogP contribution is 2.25. The molecular weight excluding hydrogens is 346 g/mol. The van der Waals surface area contributed by atoms with Crippen molar-refractivity contribution in [1.29, 1.82) is 0 Å². The maximum atomic E-state index is 12.9. The number of nitrogens with two attached hydrogens (primary N) is 1. The van der Waals surface area contributed by atoms with E-state index in [1.165, 1.54) is 4.57 Å². The second-order valence-electron chi connectivity index (χ2n) is 5.19. The quantitative estimate of drug-likeness (QED) is 0.573. The number of benzene rings is 2. The lowest BCUT2D eigenvalue weighted by atomic mass is 10.2. The topological polar surface area (TPSA) is 78.0 Å². The number of fused-ring (bicyclic) bond motifs is 1. The molecule has 0 saturated heterocycles. The molecule has 0 saturated carbocycles. The zero-order chi connectivity index (χ0) is 17.3. The Hall–Kier alpha value is -2.31. The lowest BCUT2D eigenvalue weighted by Crippen LogP contribution is -2.26. The summed E-state index contributed by atoms with van der Waals surface area (Å²) in [6.07, 6.45) is 0. The SMILES string of the molecule is C[C@H](Sc1nc2ccccc2c(=O)n1-c1ccc(Cl)cc1)C(N)=O. The van der Waals surface area contributed by atoms with E-state index in [9.17, 15) is 9.59 Å². The average molecular weight is 360 g/mol. The summed E-state index contributed by atoms with van der Waals surface area (Å²) >= 11 is 7.08. The standard InChI is InChI=1S/C17H14ClN3O2S/c1-10(15(19)22)24-17-20-14-5-3-2-4-13(14)16(23)21(17)12-8-6-11(18)7-9-12/h2-10H,1H3,(H2,19,22)/t10-/m0/s1. The van der Waals surface area contributed by atoms with Gasteiger partial charge in [0.05, 0.1) is 21.8 Å². The molecule has 5 nitrogen and oxygen atoms in total. The van der Waals surface area contributed by atoms with Gasteiger partial charge in [-0.15, -0.1) is 0 Å². The van der Waals surface area contributed by atoms with Crippen LogP contribution in [0.3, 0.4) is 0 Å². The largest absolute Gasteiger partial charge is 0.369 e. The summed E-state index contributed by atoms with van der Waals surface area (Å²) in [4.78, 5) is 28.9. The number of halogens is 1. The molecule has 0 aliphatic carbocycles. The van der Waals surface area contributed by atoms with Crippen LogP contribution in [0, 0.1) is 0 Å². The van der Waals surface area contributed by atoms with Gasteiger partial charge in [0.25, 0.3) is 5.56 Å². The predicted molar refractivity (Wildman–Crippen MR) is 96.9 cm³/mol. The second-order valence-corrected chi connectivity index (χ2v) is 6.94. The van der Waals surface area contributed by atoms with Crippen molar-refractivity contribution in [3.05, 3.63) is 63.9 Å². The molecule has 122 valence electrons. The molecule has 0 spiro atoms. The van der Waals surface area contributed by atoms with Crippen LogP contribution in [0.4, 0.5) is 0 Å². The molecule has 24 heavy (non-hydrogen) atoms. The van der Waals surface area contributed by atoms with Crippen molar-refractivity contribution < 1.29 is 4.79 Å². The zero-order valence-corrected chi connectivity index (χ0v) is 14.3. The van der Waals surface area contributed by atoms with Crippen LogP contribution in [-0.2, 0) is 4.79 Å². The van der Waals surface area contributed by atoms with Gasteiger partial charge in [-0.2, -0.15) is 0 Å². The van der Waals surface area contributed by atoms with E-state index in [1.54, 1.807) is 49.4 Å². The van der Waals surface area contributed by atoms with Crippen molar-refractivity contribution >= 4 is 40.2 Å². The molecule has 0 aliphatic heterocycles. The van der Waals surface area contributed by atoms with E-state index in [0.717, 1.165) is 11.8 Å². The van der Waals surface area contributed by atoms with E-state index in [-0.39, 0.29) is 5.56 Å². The van der Waals surface area contributed by atoms with E-state index >= 15 is 0 Å². The number of hydrogen-bond donors (Lipinski definition) is 1. The first-order chi connectivity index (χ1) is 11.5. The Balaban J connectivity index is 2.27. The normalized spacial score (nSPS) is 12.2. The minimum absolute atomic E-state index is 0.206. The number of amides is 1. The minimum Gasteiger partial charge on any atom is -0.369 e. The molecule has 2 aromatic carbocycles. The van der Waals surface area contributed by atoms with Gasteiger partial charge in [0.1, 0.15) is 0 Å². The molecule has 3 aromatic rings. The van der Waals surface area contributed by atoms with Crippen LogP contribution >= 0.6 is 23.4 Å². The summed E-state index contributed by atoms with van der Waals surface area (Å²) in [6, 6.07) is 14.0. The molecule has 1 amide bonds. The van der Waals surface area contributed by atoms with E-state index < -0.39 is 11.2 Å². The number of nitrogens with zero attached hydrogens (tertiary/aromatic N) is 2. The van der Waals surface area contributed by atoms with E-state index in [2.05, 4.69) is 4.98 Å². The highest BCUT2D eigenvalue weighted by Gasteiger charge is 2.18. The Morgan fingerprint density at radius 2 is 1.88 bits per heavy atom. The average Bonchev–Trinajstić information content (AvgIpc) is 2.56. The van der Waals surface area contributed by atoms with Gasteiger partial charge in [0.2, 0.25) is 5.91 Å². The molecule has 1 heterocycles. The monoisotopic (exact) mass is 359 g/mol. The summed E-state index contributed by atoms with van der Waals surface area (Å²) in [6.45, 7) is 1.68. The molecule has 7 heteroatoms. The number of carbonyl (C=O) groups excluding carboxylic acids is 1. The zero-order valence-electron chi connectivity index (χ0n) is 12.8. The van der Waals surface area contributed by atoms with Gasteiger partial charge in [0.15, 0.2) is 5.16 Å². The Kier molecular flexibility index (Phi) is 4.59. The summed E-state index contributed by atoms with van der Waals surface area (Å²) in [5.74, 6) is -0.468.